The first-order valence-electron chi connectivity index (χ1n) is 12.7. The molecule has 0 spiro atoms. The smallest absolute Gasteiger partial charge is 0.416 e. The molecule has 1 heterocycles. The number of hydrogen-bond donors (Lipinski definition) is 1. The van der Waals surface area contributed by atoms with Gasteiger partial charge in [-0.15, -0.1) is 0 Å². The molecule has 0 fully saturated rings. The predicted octanol–water partition coefficient (Wildman–Crippen LogP) is 7.15. The molecule has 0 atom stereocenters. The minimum Gasteiger partial charge on any atom is -0.496 e. The first kappa shape index (κ1) is 29.9. The van der Waals surface area contributed by atoms with Crippen LogP contribution in [0, 0.1) is 0 Å². The minimum atomic E-state index is -4.61. The summed E-state index contributed by atoms with van der Waals surface area (Å²) >= 11 is 0. The topological polar surface area (TPSA) is 85.6 Å². The fourth-order valence-electron chi connectivity index (χ4n) is 4.61. The Kier molecular flexibility index (Phi) is 8.09. The van der Waals surface area contributed by atoms with Gasteiger partial charge in [-0.05, 0) is 59.0 Å². The van der Waals surface area contributed by atoms with Crippen molar-refractivity contribution in [3.8, 4) is 5.75 Å². The number of aromatic carboxylic acids is 1. The molecule has 0 aliphatic carbocycles. The number of halogens is 3. The van der Waals surface area contributed by atoms with E-state index in [1.165, 1.54) is 37.5 Å². The second-order valence-corrected chi connectivity index (χ2v) is 12.6. The second-order valence-electron chi connectivity index (χ2n) is 10.7. The van der Waals surface area contributed by atoms with E-state index in [1.54, 1.807) is 6.08 Å². The normalized spacial score (nSPS) is 12.8. The predicted molar refractivity (Wildman–Crippen MR) is 153 cm³/mol. The van der Waals surface area contributed by atoms with Gasteiger partial charge in [0.2, 0.25) is 10.0 Å². The van der Waals surface area contributed by atoms with Gasteiger partial charge in [0.15, 0.2) is 0 Å². The maximum Gasteiger partial charge on any atom is 0.416 e. The van der Waals surface area contributed by atoms with Crippen LogP contribution in [0.5, 0.6) is 5.75 Å². The quantitative estimate of drug-likeness (QED) is 0.237. The van der Waals surface area contributed by atoms with Crippen molar-refractivity contribution in [2.45, 2.75) is 38.8 Å². The van der Waals surface area contributed by atoms with Crippen LogP contribution in [-0.4, -0.2) is 36.3 Å². The number of carboxylic acid groups (broad SMARTS) is 1. The maximum atomic E-state index is 13.7. The molecule has 4 rings (SSSR count). The van der Waals surface area contributed by atoms with Crippen LogP contribution < -0.4 is 4.74 Å². The number of fused-ring (bicyclic) bond motifs is 1. The van der Waals surface area contributed by atoms with Crippen molar-refractivity contribution >= 4 is 33.0 Å². The van der Waals surface area contributed by atoms with Gasteiger partial charge in [-0.1, -0.05) is 57.2 Å². The Bertz CT molecular complexity index is 1750. The SMILES string of the molecule is COc1ccc(C(=O)O)cc1Cc1cc2cc(C(F)(F)F)ccc2n1S(=O)(=O)CC=Cc1cccc(C(C)(C)C)c1. The van der Waals surface area contributed by atoms with E-state index >= 15 is 0 Å². The zero-order valence-corrected chi connectivity index (χ0v) is 23.8. The van der Waals surface area contributed by atoms with Crippen LogP contribution >= 0.6 is 0 Å². The monoisotopic (exact) mass is 585 g/mol. The lowest BCUT2D eigenvalue weighted by Gasteiger charge is -2.19. The zero-order chi connectivity index (χ0) is 30.2. The van der Waals surface area contributed by atoms with Crippen LogP contribution in [0.4, 0.5) is 13.2 Å². The molecule has 1 aromatic heterocycles. The molecule has 0 bridgehead atoms. The standard InChI is InChI=1S/C31H30F3NO5S/c1-30(2,3)24-9-5-7-20(15-24)8-6-14-41(38,39)35-26(18-22-17-25(31(32,33)34)11-12-27(22)35)19-23-16-21(29(36)37)10-13-28(23)40-4/h5-13,15-18H,14,19H2,1-4H3,(H,36,37). The molecular formula is C31H30F3NO5S. The summed E-state index contributed by atoms with van der Waals surface area (Å²) in [5.41, 5.74) is 1.49. The molecule has 0 radical (unpaired) electrons. The van der Waals surface area contributed by atoms with Gasteiger partial charge in [0.25, 0.3) is 0 Å². The summed E-state index contributed by atoms with van der Waals surface area (Å²) in [6, 6.07) is 16.2. The molecule has 216 valence electrons. The van der Waals surface area contributed by atoms with E-state index < -0.39 is 33.5 Å². The van der Waals surface area contributed by atoms with Gasteiger partial charge in [0.1, 0.15) is 5.75 Å². The lowest BCUT2D eigenvalue weighted by atomic mass is 9.86. The molecule has 0 aliphatic heterocycles. The van der Waals surface area contributed by atoms with Crippen molar-refractivity contribution in [2.75, 3.05) is 12.9 Å². The van der Waals surface area contributed by atoms with Crippen molar-refractivity contribution in [3.63, 3.8) is 0 Å². The summed E-state index contributed by atoms with van der Waals surface area (Å²) < 4.78 is 74.1. The lowest BCUT2D eigenvalue weighted by Crippen LogP contribution is -2.18. The molecule has 4 aromatic rings. The van der Waals surface area contributed by atoms with E-state index in [2.05, 4.69) is 20.8 Å². The van der Waals surface area contributed by atoms with E-state index in [9.17, 15) is 31.5 Å². The number of benzene rings is 3. The molecular weight excluding hydrogens is 555 g/mol. The first-order chi connectivity index (χ1) is 19.1. The van der Waals surface area contributed by atoms with Gasteiger partial charge < -0.3 is 9.84 Å². The molecule has 0 amide bonds. The van der Waals surface area contributed by atoms with E-state index in [4.69, 9.17) is 4.74 Å². The summed E-state index contributed by atoms with van der Waals surface area (Å²) in [6.07, 6.45) is -1.52. The van der Waals surface area contributed by atoms with Crippen LogP contribution in [0.1, 0.15) is 59.1 Å². The van der Waals surface area contributed by atoms with Crippen LogP contribution in [0.25, 0.3) is 17.0 Å². The lowest BCUT2D eigenvalue weighted by molar-refractivity contribution is -0.137. The summed E-state index contributed by atoms with van der Waals surface area (Å²) in [7, 11) is -2.72. The fourth-order valence-corrected chi connectivity index (χ4v) is 6.04. The van der Waals surface area contributed by atoms with Crippen LogP contribution in [-0.2, 0) is 28.0 Å². The highest BCUT2D eigenvalue weighted by molar-refractivity contribution is 7.90. The molecule has 0 aliphatic rings. The van der Waals surface area contributed by atoms with Crippen molar-refractivity contribution < 1.29 is 36.2 Å². The molecule has 6 nitrogen and oxygen atoms in total. The highest BCUT2D eigenvalue weighted by Crippen LogP contribution is 2.34. The largest absolute Gasteiger partial charge is 0.496 e. The van der Waals surface area contributed by atoms with Crippen molar-refractivity contribution in [1.29, 1.82) is 0 Å². The number of nitrogens with zero attached hydrogens (tertiary/aromatic N) is 1. The number of carbonyl (C=O) groups is 1. The summed E-state index contributed by atoms with van der Waals surface area (Å²) in [4.78, 5) is 11.6. The van der Waals surface area contributed by atoms with Crippen molar-refractivity contribution in [3.05, 3.63) is 106 Å². The van der Waals surface area contributed by atoms with Crippen LogP contribution in [0.3, 0.4) is 0 Å². The number of aromatic nitrogens is 1. The van der Waals surface area contributed by atoms with Gasteiger partial charge in [-0.25, -0.2) is 17.2 Å². The van der Waals surface area contributed by atoms with Crippen molar-refractivity contribution in [2.24, 2.45) is 0 Å². The third-order valence-electron chi connectivity index (χ3n) is 6.70. The Morgan fingerprint density at radius 2 is 1.71 bits per heavy atom. The molecule has 3 aromatic carbocycles. The van der Waals surface area contributed by atoms with Crippen molar-refractivity contribution in [1.82, 2.24) is 3.97 Å². The Balaban J connectivity index is 1.79. The van der Waals surface area contributed by atoms with Crippen LogP contribution in [0.2, 0.25) is 0 Å². The van der Waals surface area contributed by atoms with E-state index in [0.29, 0.717) is 11.3 Å². The molecule has 0 unspecified atom stereocenters. The average Bonchev–Trinajstić information content (AvgIpc) is 3.25. The number of methoxy groups -OCH3 is 1. The average molecular weight is 586 g/mol. The minimum absolute atomic E-state index is 0.0360. The van der Waals surface area contributed by atoms with Gasteiger partial charge >= 0.3 is 12.1 Å². The van der Waals surface area contributed by atoms with Gasteiger partial charge in [-0.3, -0.25) is 0 Å². The number of rotatable bonds is 8. The zero-order valence-electron chi connectivity index (χ0n) is 23.0. The fraction of sp³-hybridized carbons (Fsp3) is 0.258. The molecule has 41 heavy (non-hydrogen) atoms. The number of ether oxygens (including phenoxy) is 1. The molecule has 0 saturated carbocycles. The Morgan fingerprint density at radius 3 is 2.34 bits per heavy atom. The summed E-state index contributed by atoms with van der Waals surface area (Å²) in [6.45, 7) is 6.22. The van der Waals surface area contributed by atoms with E-state index in [0.717, 1.165) is 33.3 Å². The maximum absolute atomic E-state index is 13.7. The third kappa shape index (κ3) is 6.65. The van der Waals surface area contributed by atoms with Gasteiger partial charge in [0.05, 0.1) is 29.5 Å². The second kappa shape index (κ2) is 11.1. The Labute approximate surface area is 236 Å². The molecule has 1 N–H and O–H groups in total. The van der Waals surface area contributed by atoms with E-state index in [1.807, 2.05) is 24.3 Å². The number of carboxylic acids is 1. The molecule has 0 saturated heterocycles. The van der Waals surface area contributed by atoms with E-state index in [-0.39, 0.29) is 34.0 Å². The molecule has 10 heteroatoms. The van der Waals surface area contributed by atoms with Gasteiger partial charge in [-0.2, -0.15) is 13.2 Å². The number of hydrogen-bond acceptors (Lipinski definition) is 4. The Hall–Kier alpha value is -4.05. The van der Waals surface area contributed by atoms with Gasteiger partial charge in [0, 0.05) is 23.1 Å². The summed E-state index contributed by atoms with van der Waals surface area (Å²) in [5.74, 6) is -1.28. The number of alkyl halides is 3. The van der Waals surface area contributed by atoms with Crippen LogP contribution in [0.15, 0.2) is 72.8 Å². The highest BCUT2D eigenvalue weighted by Gasteiger charge is 2.31. The first-order valence-corrected chi connectivity index (χ1v) is 14.3. The highest BCUT2D eigenvalue weighted by atomic mass is 32.2. The summed E-state index contributed by atoms with van der Waals surface area (Å²) in [5, 5.41) is 9.53. The Morgan fingerprint density at radius 1 is 0.976 bits per heavy atom. The third-order valence-corrected chi connectivity index (χ3v) is 8.30.